The number of amides is 1. The molecule has 1 fully saturated rings. The Balaban J connectivity index is 1.34. The van der Waals surface area contributed by atoms with Crippen LogP contribution in [0.1, 0.15) is 41.8 Å². The zero-order valence-corrected chi connectivity index (χ0v) is 17.7. The van der Waals surface area contributed by atoms with Crippen molar-refractivity contribution < 1.29 is 22.4 Å². The first kappa shape index (κ1) is 21.1. The number of benzene rings is 2. The second-order valence-corrected chi connectivity index (χ2v) is 9.20. The Labute approximate surface area is 181 Å². The summed E-state index contributed by atoms with van der Waals surface area (Å²) in [6.07, 6.45) is 6.35. The Kier molecular flexibility index (Phi) is 6.39. The second-order valence-electron chi connectivity index (χ2n) is 7.43. The van der Waals surface area contributed by atoms with E-state index in [9.17, 15) is 13.2 Å². The first-order valence-corrected chi connectivity index (χ1v) is 11.7. The molecule has 1 heterocycles. The average Bonchev–Trinajstić information content (AvgIpc) is 3.48. The van der Waals surface area contributed by atoms with E-state index in [1.807, 2.05) is 12.1 Å². The number of nitrogens with one attached hydrogen (secondary N) is 2. The van der Waals surface area contributed by atoms with Gasteiger partial charge in [-0.05, 0) is 86.3 Å². The van der Waals surface area contributed by atoms with Crippen LogP contribution in [0.4, 0.5) is 5.69 Å². The molecule has 1 aliphatic carbocycles. The van der Waals surface area contributed by atoms with Crippen molar-refractivity contribution in [2.24, 2.45) is 0 Å². The van der Waals surface area contributed by atoms with Crippen LogP contribution in [0, 0.1) is 0 Å². The largest absolute Gasteiger partial charge is 0.490 e. The maximum absolute atomic E-state index is 12.5. The molecule has 2 aromatic carbocycles. The third kappa shape index (κ3) is 5.53. The van der Waals surface area contributed by atoms with Gasteiger partial charge < -0.3 is 14.5 Å². The molecule has 31 heavy (non-hydrogen) atoms. The fourth-order valence-corrected chi connectivity index (χ4v) is 4.46. The van der Waals surface area contributed by atoms with Crippen LogP contribution in [0.25, 0.3) is 0 Å². The molecular weight excluding hydrogens is 416 g/mol. The molecule has 0 aliphatic heterocycles. The molecule has 1 amide bonds. The van der Waals surface area contributed by atoms with Gasteiger partial charge in [0.05, 0.1) is 23.8 Å². The minimum atomic E-state index is -3.71. The van der Waals surface area contributed by atoms with Gasteiger partial charge in [-0.15, -0.1) is 0 Å². The maximum atomic E-state index is 12.5. The first-order chi connectivity index (χ1) is 15.0. The molecule has 0 unspecified atom stereocenters. The monoisotopic (exact) mass is 440 g/mol. The highest BCUT2D eigenvalue weighted by Gasteiger charge is 2.17. The maximum Gasteiger partial charge on any atom is 0.255 e. The van der Waals surface area contributed by atoms with E-state index in [2.05, 4.69) is 10.0 Å². The number of rotatable bonds is 8. The molecule has 7 nitrogen and oxygen atoms in total. The molecule has 1 aromatic heterocycles. The van der Waals surface area contributed by atoms with Gasteiger partial charge in [-0.1, -0.05) is 0 Å². The number of carbonyl (C=O) groups excluding carboxylic acids is 1. The van der Waals surface area contributed by atoms with Crippen LogP contribution in [-0.4, -0.2) is 20.4 Å². The van der Waals surface area contributed by atoms with E-state index in [1.165, 1.54) is 43.4 Å². The van der Waals surface area contributed by atoms with Crippen LogP contribution < -0.4 is 14.8 Å². The standard InChI is InChI=1S/C23H24N2O5S/c26-23(25-18-9-11-20(12-10-18)30-19-4-1-2-5-19)17-7-13-22(14-8-17)31(27,28)24-16-21-6-3-15-29-21/h3,6-15,19,24H,1-2,4-5,16H2,(H,25,26). The van der Waals surface area contributed by atoms with Crippen LogP contribution >= 0.6 is 0 Å². The van der Waals surface area contributed by atoms with Crippen LogP contribution in [0.15, 0.2) is 76.2 Å². The number of anilines is 1. The van der Waals surface area contributed by atoms with Crippen molar-refractivity contribution in [3.63, 3.8) is 0 Å². The Morgan fingerprint density at radius 2 is 1.71 bits per heavy atom. The van der Waals surface area contributed by atoms with Crippen molar-refractivity contribution in [3.05, 3.63) is 78.3 Å². The van der Waals surface area contributed by atoms with Crippen LogP contribution in [0.3, 0.4) is 0 Å². The van der Waals surface area contributed by atoms with Crippen LogP contribution in [0.5, 0.6) is 5.75 Å². The van der Waals surface area contributed by atoms with E-state index in [0.29, 0.717) is 17.0 Å². The summed E-state index contributed by atoms with van der Waals surface area (Å²) < 4.78 is 38.3. The molecule has 1 aliphatic rings. The molecular formula is C23H24N2O5S. The highest BCUT2D eigenvalue weighted by atomic mass is 32.2. The SMILES string of the molecule is O=C(Nc1ccc(OC2CCCC2)cc1)c1ccc(S(=O)(=O)NCc2ccco2)cc1. The number of carbonyl (C=O) groups is 1. The predicted octanol–water partition coefficient (Wildman–Crippen LogP) is 4.33. The van der Waals surface area contributed by atoms with Gasteiger partial charge in [-0.25, -0.2) is 13.1 Å². The van der Waals surface area contributed by atoms with E-state index >= 15 is 0 Å². The van der Waals surface area contributed by atoms with Gasteiger partial charge in [0.1, 0.15) is 11.5 Å². The van der Waals surface area contributed by atoms with E-state index in [4.69, 9.17) is 9.15 Å². The summed E-state index contributed by atoms with van der Waals surface area (Å²) >= 11 is 0. The minimum Gasteiger partial charge on any atom is -0.490 e. The molecule has 0 spiro atoms. The van der Waals surface area contributed by atoms with Crippen LogP contribution in [-0.2, 0) is 16.6 Å². The third-order valence-electron chi connectivity index (χ3n) is 5.16. The molecule has 0 saturated heterocycles. The Bertz CT molecular complexity index is 1100. The summed E-state index contributed by atoms with van der Waals surface area (Å²) in [4.78, 5) is 12.6. The number of sulfonamides is 1. The number of hydrogen-bond acceptors (Lipinski definition) is 5. The number of ether oxygens (including phenoxy) is 1. The summed E-state index contributed by atoms with van der Waals surface area (Å²) in [5.74, 6) is 0.984. The van der Waals surface area contributed by atoms with Crippen molar-refractivity contribution in [1.82, 2.24) is 4.72 Å². The topological polar surface area (TPSA) is 97.6 Å². The smallest absolute Gasteiger partial charge is 0.255 e. The Morgan fingerprint density at radius 3 is 2.35 bits per heavy atom. The lowest BCUT2D eigenvalue weighted by Crippen LogP contribution is -2.23. The van der Waals surface area contributed by atoms with Gasteiger partial charge >= 0.3 is 0 Å². The quantitative estimate of drug-likeness (QED) is 0.543. The lowest BCUT2D eigenvalue weighted by atomic mass is 10.2. The molecule has 1 saturated carbocycles. The summed E-state index contributed by atoms with van der Waals surface area (Å²) in [7, 11) is -3.71. The minimum absolute atomic E-state index is 0.0536. The number of hydrogen-bond donors (Lipinski definition) is 2. The van der Waals surface area contributed by atoms with Crippen molar-refractivity contribution >= 4 is 21.6 Å². The summed E-state index contributed by atoms with van der Waals surface area (Å²) in [6.45, 7) is 0.0536. The van der Waals surface area contributed by atoms with Gasteiger partial charge in [0, 0.05) is 11.3 Å². The van der Waals surface area contributed by atoms with E-state index in [1.54, 1.807) is 24.3 Å². The molecule has 0 atom stereocenters. The van der Waals surface area contributed by atoms with Gasteiger partial charge in [0.2, 0.25) is 10.0 Å². The lowest BCUT2D eigenvalue weighted by molar-refractivity contribution is 0.102. The first-order valence-electron chi connectivity index (χ1n) is 10.2. The van der Waals surface area contributed by atoms with Gasteiger partial charge in [-0.3, -0.25) is 4.79 Å². The Morgan fingerprint density at radius 1 is 1.00 bits per heavy atom. The molecule has 2 N–H and O–H groups in total. The van der Waals surface area contributed by atoms with Crippen molar-refractivity contribution in [1.29, 1.82) is 0 Å². The second kappa shape index (κ2) is 9.36. The van der Waals surface area contributed by atoms with Crippen LogP contribution in [0.2, 0.25) is 0 Å². The molecule has 0 bridgehead atoms. The van der Waals surface area contributed by atoms with E-state index in [-0.39, 0.29) is 23.5 Å². The Hall–Kier alpha value is -3.10. The highest BCUT2D eigenvalue weighted by molar-refractivity contribution is 7.89. The van der Waals surface area contributed by atoms with Gasteiger partial charge in [-0.2, -0.15) is 0 Å². The fourth-order valence-electron chi connectivity index (χ4n) is 3.47. The molecule has 0 radical (unpaired) electrons. The molecule has 4 rings (SSSR count). The molecule has 162 valence electrons. The van der Waals surface area contributed by atoms with Gasteiger partial charge in [0.25, 0.3) is 5.91 Å². The third-order valence-corrected chi connectivity index (χ3v) is 6.58. The zero-order valence-electron chi connectivity index (χ0n) is 16.9. The number of furan rings is 1. The molecule has 8 heteroatoms. The van der Waals surface area contributed by atoms with Crippen molar-refractivity contribution in [2.45, 2.75) is 43.2 Å². The summed E-state index contributed by atoms with van der Waals surface area (Å²) in [5.41, 5.74) is 0.997. The van der Waals surface area contributed by atoms with Gasteiger partial charge in [0.15, 0.2) is 0 Å². The normalized spacial score (nSPS) is 14.5. The highest BCUT2D eigenvalue weighted by Crippen LogP contribution is 2.25. The average molecular weight is 441 g/mol. The van der Waals surface area contributed by atoms with Crippen molar-refractivity contribution in [3.8, 4) is 5.75 Å². The van der Waals surface area contributed by atoms with E-state index in [0.717, 1.165) is 18.6 Å². The predicted molar refractivity (Wildman–Crippen MR) is 116 cm³/mol. The van der Waals surface area contributed by atoms with Crippen molar-refractivity contribution in [2.75, 3.05) is 5.32 Å². The summed E-state index contributed by atoms with van der Waals surface area (Å²) in [6, 6.07) is 16.4. The fraction of sp³-hybridized carbons (Fsp3) is 0.261. The molecule has 3 aromatic rings. The zero-order chi connectivity index (χ0) is 21.7. The van der Waals surface area contributed by atoms with E-state index < -0.39 is 10.0 Å². The lowest BCUT2D eigenvalue weighted by Gasteiger charge is -2.13. The summed E-state index contributed by atoms with van der Waals surface area (Å²) in [5, 5.41) is 2.81.